The third-order valence-electron chi connectivity index (χ3n) is 5.90. The largest absolute Gasteiger partial charge is 0.497 e. The zero-order chi connectivity index (χ0) is 22.2. The molecule has 0 aliphatic carbocycles. The van der Waals surface area contributed by atoms with Gasteiger partial charge in [-0.05, 0) is 42.7 Å². The molecule has 2 aromatic rings. The van der Waals surface area contributed by atoms with Crippen LogP contribution in [0.5, 0.6) is 5.75 Å². The monoisotopic (exact) mass is 440 g/mol. The van der Waals surface area contributed by atoms with E-state index in [4.69, 9.17) is 18.9 Å². The second kappa shape index (κ2) is 11.0. The number of aliphatic imine (C=N–C) groups is 1. The number of ether oxygens (including phenoxy) is 2. The van der Waals surface area contributed by atoms with Gasteiger partial charge in [-0.25, -0.2) is 4.99 Å². The number of piperazine rings is 1. The molecule has 1 unspecified atom stereocenters. The Bertz CT molecular complexity index is 868. The van der Waals surface area contributed by atoms with Crippen LogP contribution >= 0.6 is 0 Å². The highest BCUT2D eigenvalue weighted by molar-refractivity contribution is 5.83. The van der Waals surface area contributed by atoms with Crippen LogP contribution in [0.2, 0.25) is 0 Å². The summed E-state index contributed by atoms with van der Waals surface area (Å²) in [6.07, 6.45) is 4.03. The summed E-state index contributed by atoms with van der Waals surface area (Å²) in [4.78, 5) is 21.7. The van der Waals surface area contributed by atoms with Gasteiger partial charge in [0.2, 0.25) is 0 Å². The van der Waals surface area contributed by atoms with E-state index in [1.54, 1.807) is 13.4 Å². The molecule has 2 aliphatic rings. The molecule has 2 saturated heterocycles. The number of nitrogens with zero attached hydrogens (tertiary/aromatic N) is 3. The van der Waals surface area contributed by atoms with Crippen molar-refractivity contribution in [2.45, 2.75) is 31.9 Å². The number of furan rings is 1. The fraction of sp³-hybridized carbons (Fsp3) is 0.500. The SMILES string of the molecule is COc1ccc(CN=C(NCCc2ccco2)N2CCN(C(=O)C3CCCO3)CC2)cc1. The van der Waals surface area contributed by atoms with Gasteiger partial charge in [0.25, 0.3) is 5.91 Å². The lowest BCUT2D eigenvalue weighted by Crippen LogP contribution is -2.55. The number of guanidine groups is 1. The Kier molecular flexibility index (Phi) is 7.66. The second-order valence-electron chi connectivity index (χ2n) is 8.06. The topological polar surface area (TPSA) is 79.5 Å². The first-order chi connectivity index (χ1) is 15.7. The Morgan fingerprint density at radius 2 is 1.94 bits per heavy atom. The van der Waals surface area contributed by atoms with E-state index in [1.165, 1.54) is 0 Å². The molecule has 2 fully saturated rings. The van der Waals surface area contributed by atoms with Gasteiger partial charge in [0.15, 0.2) is 5.96 Å². The van der Waals surface area contributed by atoms with E-state index in [0.29, 0.717) is 26.2 Å². The van der Waals surface area contributed by atoms with Gasteiger partial charge in [0.05, 0.1) is 19.9 Å². The predicted molar refractivity (Wildman–Crippen MR) is 122 cm³/mol. The smallest absolute Gasteiger partial charge is 0.251 e. The quantitative estimate of drug-likeness (QED) is 0.526. The van der Waals surface area contributed by atoms with Crippen LogP contribution in [0, 0.1) is 0 Å². The van der Waals surface area contributed by atoms with Gasteiger partial charge in [-0.15, -0.1) is 0 Å². The number of amides is 1. The number of nitrogens with one attached hydrogen (secondary N) is 1. The Hall–Kier alpha value is -3.00. The molecular weight excluding hydrogens is 408 g/mol. The van der Waals surface area contributed by atoms with E-state index in [-0.39, 0.29) is 12.0 Å². The average Bonchev–Trinajstić information content (AvgIpc) is 3.56. The maximum absolute atomic E-state index is 12.7. The van der Waals surface area contributed by atoms with Crippen LogP contribution in [-0.4, -0.2) is 74.2 Å². The minimum atomic E-state index is -0.254. The van der Waals surface area contributed by atoms with Crippen LogP contribution in [0.15, 0.2) is 52.1 Å². The number of methoxy groups -OCH3 is 1. The van der Waals surface area contributed by atoms with Crippen LogP contribution in [0.1, 0.15) is 24.2 Å². The van der Waals surface area contributed by atoms with Gasteiger partial charge in [0.1, 0.15) is 17.6 Å². The third kappa shape index (κ3) is 5.82. The number of benzene rings is 1. The Balaban J connectivity index is 1.36. The summed E-state index contributed by atoms with van der Waals surface area (Å²) in [7, 11) is 1.66. The van der Waals surface area contributed by atoms with E-state index in [2.05, 4.69) is 10.2 Å². The summed E-state index contributed by atoms with van der Waals surface area (Å²) in [5.74, 6) is 2.77. The summed E-state index contributed by atoms with van der Waals surface area (Å²) >= 11 is 0. The number of hydrogen-bond acceptors (Lipinski definition) is 5. The van der Waals surface area contributed by atoms with Gasteiger partial charge >= 0.3 is 0 Å². The van der Waals surface area contributed by atoms with Crippen molar-refractivity contribution in [3.63, 3.8) is 0 Å². The first-order valence-electron chi connectivity index (χ1n) is 11.3. The molecule has 32 heavy (non-hydrogen) atoms. The number of rotatable bonds is 7. The Morgan fingerprint density at radius 1 is 1.16 bits per heavy atom. The van der Waals surface area contributed by atoms with Gasteiger partial charge in [-0.1, -0.05) is 12.1 Å². The zero-order valence-electron chi connectivity index (χ0n) is 18.7. The van der Waals surface area contributed by atoms with E-state index in [0.717, 1.165) is 61.9 Å². The molecule has 172 valence electrons. The summed E-state index contributed by atoms with van der Waals surface area (Å²) in [5, 5.41) is 3.48. The highest BCUT2D eigenvalue weighted by atomic mass is 16.5. The molecule has 1 aromatic heterocycles. The molecule has 8 nitrogen and oxygen atoms in total. The number of carbonyl (C=O) groups is 1. The van der Waals surface area contributed by atoms with E-state index < -0.39 is 0 Å². The number of carbonyl (C=O) groups excluding carboxylic acids is 1. The molecule has 0 saturated carbocycles. The van der Waals surface area contributed by atoms with Crippen LogP contribution in [0.25, 0.3) is 0 Å². The van der Waals surface area contributed by atoms with Crippen LogP contribution < -0.4 is 10.1 Å². The van der Waals surface area contributed by atoms with Gasteiger partial charge < -0.3 is 29.0 Å². The predicted octanol–water partition coefficient (Wildman–Crippen LogP) is 2.30. The highest BCUT2D eigenvalue weighted by Crippen LogP contribution is 2.16. The first-order valence-corrected chi connectivity index (χ1v) is 11.3. The van der Waals surface area contributed by atoms with Crippen molar-refractivity contribution < 1.29 is 18.7 Å². The minimum Gasteiger partial charge on any atom is -0.497 e. The van der Waals surface area contributed by atoms with Crippen LogP contribution in [-0.2, 0) is 22.5 Å². The first kappa shape index (κ1) is 22.2. The van der Waals surface area contributed by atoms with Crippen LogP contribution in [0.4, 0.5) is 0 Å². The normalized spacial score (nSPS) is 19.3. The standard InChI is InChI=1S/C24H32N4O4/c1-30-20-8-6-19(7-9-20)18-26-24(25-11-10-21-4-2-16-31-21)28-14-12-27(13-15-28)23(29)22-5-3-17-32-22/h2,4,6-9,16,22H,3,5,10-15,17-18H2,1H3,(H,25,26). The lowest BCUT2D eigenvalue weighted by atomic mass is 10.2. The van der Waals surface area contributed by atoms with Gasteiger partial charge in [-0.3, -0.25) is 4.79 Å². The fourth-order valence-electron chi connectivity index (χ4n) is 4.03. The lowest BCUT2D eigenvalue weighted by molar-refractivity contribution is -0.142. The molecule has 1 atom stereocenters. The van der Waals surface area contributed by atoms with Crippen molar-refractivity contribution in [3.8, 4) is 5.75 Å². The number of hydrogen-bond donors (Lipinski definition) is 1. The summed E-state index contributed by atoms with van der Waals surface area (Å²) in [6.45, 7) is 4.84. The van der Waals surface area contributed by atoms with Crippen molar-refractivity contribution in [1.29, 1.82) is 0 Å². The van der Waals surface area contributed by atoms with Crippen LogP contribution in [0.3, 0.4) is 0 Å². The minimum absolute atomic E-state index is 0.129. The molecule has 2 aliphatic heterocycles. The summed E-state index contributed by atoms with van der Waals surface area (Å²) in [5.41, 5.74) is 1.11. The molecule has 0 radical (unpaired) electrons. The summed E-state index contributed by atoms with van der Waals surface area (Å²) < 4.78 is 16.3. The molecule has 8 heteroatoms. The Morgan fingerprint density at radius 3 is 2.59 bits per heavy atom. The molecule has 1 N–H and O–H groups in total. The lowest BCUT2D eigenvalue weighted by Gasteiger charge is -2.37. The maximum Gasteiger partial charge on any atom is 0.251 e. The van der Waals surface area contributed by atoms with E-state index >= 15 is 0 Å². The average molecular weight is 441 g/mol. The molecule has 4 rings (SSSR count). The van der Waals surface area contributed by atoms with Crippen molar-refractivity contribution in [1.82, 2.24) is 15.1 Å². The van der Waals surface area contributed by atoms with Gasteiger partial charge in [-0.2, -0.15) is 0 Å². The van der Waals surface area contributed by atoms with Crippen molar-refractivity contribution in [3.05, 3.63) is 54.0 Å². The van der Waals surface area contributed by atoms with Gasteiger partial charge in [0, 0.05) is 45.8 Å². The van der Waals surface area contributed by atoms with Crippen molar-refractivity contribution >= 4 is 11.9 Å². The molecular formula is C24H32N4O4. The van der Waals surface area contributed by atoms with E-state index in [1.807, 2.05) is 41.3 Å². The molecule has 3 heterocycles. The molecule has 0 bridgehead atoms. The van der Waals surface area contributed by atoms with Crippen molar-refractivity contribution in [2.24, 2.45) is 4.99 Å². The second-order valence-corrected chi connectivity index (χ2v) is 8.06. The molecule has 0 spiro atoms. The maximum atomic E-state index is 12.7. The Labute approximate surface area is 189 Å². The highest BCUT2D eigenvalue weighted by Gasteiger charge is 2.30. The van der Waals surface area contributed by atoms with Crippen molar-refractivity contribution in [2.75, 3.05) is 46.4 Å². The molecule has 1 amide bonds. The third-order valence-corrected chi connectivity index (χ3v) is 5.90. The summed E-state index contributed by atoms with van der Waals surface area (Å²) in [6, 6.07) is 11.8. The fourth-order valence-corrected chi connectivity index (χ4v) is 4.03. The van der Waals surface area contributed by atoms with E-state index in [9.17, 15) is 4.79 Å². The molecule has 1 aromatic carbocycles. The zero-order valence-corrected chi connectivity index (χ0v) is 18.7.